The van der Waals surface area contributed by atoms with Crippen molar-refractivity contribution >= 4 is 0 Å². The maximum Gasteiger partial charge on any atom is 0.239 e. The van der Waals surface area contributed by atoms with Crippen LogP contribution in [0.15, 0.2) is 10.9 Å². The quantitative estimate of drug-likeness (QED) is 0.771. The summed E-state index contributed by atoms with van der Waals surface area (Å²) in [6.45, 7) is 2.71. The molecule has 0 fully saturated rings. The van der Waals surface area contributed by atoms with E-state index in [4.69, 9.17) is 10.3 Å². The van der Waals surface area contributed by atoms with Gasteiger partial charge in [-0.3, -0.25) is 5.10 Å². The van der Waals surface area contributed by atoms with E-state index in [1.54, 1.807) is 0 Å². The molecule has 0 amide bonds. The van der Waals surface area contributed by atoms with E-state index in [0.29, 0.717) is 24.1 Å². The van der Waals surface area contributed by atoms with Gasteiger partial charge in [-0.1, -0.05) is 12.1 Å². The molecule has 7 nitrogen and oxygen atoms in total. The van der Waals surface area contributed by atoms with Crippen molar-refractivity contribution in [3.05, 3.63) is 12.2 Å². The summed E-state index contributed by atoms with van der Waals surface area (Å²) in [6.07, 6.45) is 3.29. The zero-order valence-electron chi connectivity index (χ0n) is 9.05. The van der Waals surface area contributed by atoms with Crippen molar-refractivity contribution in [1.82, 2.24) is 25.3 Å². The minimum atomic E-state index is 0.215. The average molecular weight is 222 g/mol. The topological polar surface area (TPSA) is 107 Å². The van der Waals surface area contributed by atoms with Crippen LogP contribution in [0.5, 0.6) is 0 Å². The van der Waals surface area contributed by atoms with Crippen molar-refractivity contribution in [1.29, 1.82) is 0 Å². The van der Waals surface area contributed by atoms with E-state index in [1.807, 2.05) is 6.92 Å². The van der Waals surface area contributed by atoms with Crippen molar-refractivity contribution in [2.24, 2.45) is 5.73 Å². The van der Waals surface area contributed by atoms with Gasteiger partial charge in [0.25, 0.3) is 0 Å². The number of aromatic amines is 1. The number of nitrogens with two attached hydrogens (primary N) is 1. The summed E-state index contributed by atoms with van der Waals surface area (Å²) in [4.78, 5) is 8.20. The number of rotatable bonds is 5. The van der Waals surface area contributed by atoms with E-state index in [0.717, 1.165) is 12.8 Å². The van der Waals surface area contributed by atoms with Crippen LogP contribution in [0.25, 0.3) is 11.6 Å². The molecule has 0 saturated carbocycles. The molecule has 0 radical (unpaired) electrons. The first-order valence-corrected chi connectivity index (χ1v) is 5.20. The van der Waals surface area contributed by atoms with Gasteiger partial charge in [0.15, 0.2) is 5.82 Å². The molecule has 0 aromatic carbocycles. The maximum absolute atomic E-state index is 5.45. The Bertz CT molecular complexity index is 423. The minimum absolute atomic E-state index is 0.215. The fraction of sp³-hybridized carbons (Fsp3) is 0.556. The van der Waals surface area contributed by atoms with Crippen molar-refractivity contribution < 1.29 is 4.52 Å². The van der Waals surface area contributed by atoms with Crippen LogP contribution in [0.2, 0.25) is 0 Å². The third kappa shape index (κ3) is 2.25. The van der Waals surface area contributed by atoms with Crippen LogP contribution < -0.4 is 5.73 Å². The Morgan fingerprint density at radius 2 is 2.44 bits per heavy atom. The molecule has 0 saturated heterocycles. The van der Waals surface area contributed by atoms with Crippen molar-refractivity contribution in [2.45, 2.75) is 25.7 Å². The molecule has 1 atom stereocenters. The van der Waals surface area contributed by atoms with Gasteiger partial charge in [-0.2, -0.15) is 10.1 Å². The van der Waals surface area contributed by atoms with Crippen LogP contribution in [0.4, 0.5) is 0 Å². The summed E-state index contributed by atoms with van der Waals surface area (Å²) in [7, 11) is 0. The van der Waals surface area contributed by atoms with E-state index in [9.17, 15) is 0 Å². The van der Waals surface area contributed by atoms with Gasteiger partial charge < -0.3 is 10.3 Å². The number of aromatic nitrogens is 5. The second kappa shape index (κ2) is 4.84. The van der Waals surface area contributed by atoms with Gasteiger partial charge in [0, 0.05) is 5.92 Å². The molecule has 16 heavy (non-hydrogen) atoms. The lowest BCUT2D eigenvalue weighted by Crippen LogP contribution is -2.02. The fourth-order valence-electron chi connectivity index (χ4n) is 1.39. The molecule has 2 heterocycles. The molecular formula is C9H14N6O. The Balaban J connectivity index is 2.07. The smallest absolute Gasteiger partial charge is 0.239 e. The fourth-order valence-corrected chi connectivity index (χ4v) is 1.39. The summed E-state index contributed by atoms with van der Waals surface area (Å²) in [6, 6.07) is 0. The highest BCUT2D eigenvalue weighted by Gasteiger charge is 2.15. The van der Waals surface area contributed by atoms with Crippen molar-refractivity contribution in [3.8, 4) is 11.6 Å². The predicted octanol–water partition coefficient (Wildman–Crippen LogP) is 0.697. The van der Waals surface area contributed by atoms with E-state index >= 15 is 0 Å². The standard InChI is InChI=1S/C9H14N6O/c1-6(3-2-4-10)9-13-8(15-16-9)7-11-5-12-14-7/h5-6H,2-4,10H2,1H3,(H,11,12,14). The van der Waals surface area contributed by atoms with Crippen molar-refractivity contribution in [3.63, 3.8) is 0 Å². The highest BCUT2D eigenvalue weighted by Crippen LogP contribution is 2.20. The molecule has 3 N–H and O–H groups in total. The molecule has 2 aromatic heterocycles. The van der Waals surface area contributed by atoms with Gasteiger partial charge in [0.05, 0.1) is 0 Å². The van der Waals surface area contributed by atoms with Gasteiger partial charge in [-0.15, -0.1) is 0 Å². The Morgan fingerprint density at radius 1 is 1.56 bits per heavy atom. The SMILES string of the molecule is CC(CCCN)c1nc(-c2ncn[nH]2)no1. The molecule has 0 spiro atoms. The molecule has 0 aliphatic carbocycles. The number of hydrogen-bond donors (Lipinski definition) is 2. The first kappa shape index (κ1) is 10.7. The molecule has 0 aliphatic rings. The summed E-state index contributed by atoms with van der Waals surface area (Å²) in [5.41, 5.74) is 5.45. The lowest BCUT2D eigenvalue weighted by atomic mass is 10.1. The lowest BCUT2D eigenvalue weighted by Gasteiger charge is -2.03. The van der Waals surface area contributed by atoms with Gasteiger partial charge in [-0.25, -0.2) is 4.98 Å². The Morgan fingerprint density at radius 3 is 3.12 bits per heavy atom. The zero-order chi connectivity index (χ0) is 11.4. The van der Waals surface area contributed by atoms with E-state index in [1.165, 1.54) is 6.33 Å². The van der Waals surface area contributed by atoms with Gasteiger partial charge in [-0.05, 0) is 19.4 Å². The summed E-state index contributed by atoms with van der Waals surface area (Å²) in [5, 5.41) is 10.2. The number of nitrogens with zero attached hydrogens (tertiary/aromatic N) is 4. The molecular weight excluding hydrogens is 208 g/mol. The largest absolute Gasteiger partial charge is 0.339 e. The second-order valence-electron chi connectivity index (χ2n) is 3.62. The first-order chi connectivity index (χ1) is 7.81. The third-order valence-electron chi connectivity index (χ3n) is 2.33. The molecule has 1 unspecified atom stereocenters. The number of hydrogen-bond acceptors (Lipinski definition) is 6. The van der Waals surface area contributed by atoms with E-state index in [2.05, 4.69) is 25.3 Å². The predicted molar refractivity (Wildman–Crippen MR) is 56.4 cm³/mol. The maximum atomic E-state index is 5.45. The molecule has 2 rings (SSSR count). The highest BCUT2D eigenvalue weighted by molar-refractivity contribution is 5.39. The summed E-state index contributed by atoms with van der Waals surface area (Å²) >= 11 is 0. The second-order valence-corrected chi connectivity index (χ2v) is 3.62. The van der Waals surface area contributed by atoms with Crippen molar-refractivity contribution in [2.75, 3.05) is 6.54 Å². The number of H-pyrrole nitrogens is 1. The Kier molecular flexibility index (Phi) is 3.25. The summed E-state index contributed by atoms with van der Waals surface area (Å²) < 4.78 is 5.16. The minimum Gasteiger partial charge on any atom is -0.339 e. The molecule has 0 bridgehead atoms. The monoisotopic (exact) mass is 222 g/mol. The highest BCUT2D eigenvalue weighted by atomic mass is 16.5. The van der Waals surface area contributed by atoms with Crippen LogP contribution in [0.1, 0.15) is 31.6 Å². The van der Waals surface area contributed by atoms with Crippen LogP contribution in [-0.2, 0) is 0 Å². The number of nitrogens with one attached hydrogen (secondary N) is 1. The van der Waals surface area contributed by atoms with Crippen LogP contribution in [0.3, 0.4) is 0 Å². The van der Waals surface area contributed by atoms with E-state index in [-0.39, 0.29) is 5.92 Å². The van der Waals surface area contributed by atoms with Gasteiger partial charge in [0.1, 0.15) is 6.33 Å². The van der Waals surface area contributed by atoms with Gasteiger partial charge in [0.2, 0.25) is 11.7 Å². The normalized spacial score (nSPS) is 12.9. The van der Waals surface area contributed by atoms with Crippen LogP contribution in [0, 0.1) is 0 Å². The zero-order valence-corrected chi connectivity index (χ0v) is 9.05. The average Bonchev–Trinajstić information content (AvgIpc) is 2.94. The lowest BCUT2D eigenvalue weighted by molar-refractivity contribution is 0.352. The molecule has 0 aliphatic heterocycles. The van der Waals surface area contributed by atoms with E-state index < -0.39 is 0 Å². The van der Waals surface area contributed by atoms with Crippen LogP contribution in [-0.4, -0.2) is 31.9 Å². The summed E-state index contributed by atoms with van der Waals surface area (Å²) in [5.74, 6) is 1.78. The molecule has 2 aromatic rings. The third-order valence-corrected chi connectivity index (χ3v) is 2.33. The first-order valence-electron chi connectivity index (χ1n) is 5.20. The Hall–Kier alpha value is -1.76. The molecule has 86 valence electrons. The Labute approximate surface area is 92.5 Å². The van der Waals surface area contributed by atoms with Crippen LogP contribution >= 0.6 is 0 Å². The van der Waals surface area contributed by atoms with Gasteiger partial charge >= 0.3 is 0 Å². The molecule has 7 heteroatoms.